The van der Waals surface area contributed by atoms with Crippen LogP contribution in [0, 0.1) is 5.92 Å². The van der Waals surface area contributed by atoms with Gasteiger partial charge in [0.25, 0.3) is 11.5 Å². The van der Waals surface area contributed by atoms with Crippen LogP contribution in [-0.2, 0) is 20.7 Å². The maximum Gasteiger partial charge on any atom is 0.307 e. The van der Waals surface area contributed by atoms with Crippen molar-refractivity contribution in [2.75, 3.05) is 6.54 Å². The molecule has 0 radical (unpaired) electrons. The van der Waals surface area contributed by atoms with E-state index in [9.17, 15) is 14.4 Å². The lowest BCUT2D eigenvalue weighted by atomic mass is 10.2. The van der Waals surface area contributed by atoms with Crippen LogP contribution < -0.4 is 10.9 Å². The molecule has 0 unspecified atom stereocenters. The third-order valence-corrected chi connectivity index (χ3v) is 3.59. The Morgan fingerprint density at radius 3 is 2.68 bits per heavy atom. The second-order valence-electron chi connectivity index (χ2n) is 6.30. The number of esters is 1. The van der Waals surface area contributed by atoms with Crippen LogP contribution >= 0.6 is 0 Å². The van der Waals surface area contributed by atoms with E-state index in [0.717, 1.165) is 0 Å². The summed E-state index contributed by atoms with van der Waals surface area (Å²) in [5, 5.41) is 3.22. The van der Waals surface area contributed by atoms with Gasteiger partial charge < -0.3 is 15.0 Å². The van der Waals surface area contributed by atoms with Crippen molar-refractivity contribution in [1.82, 2.24) is 15.3 Å². The van der Waals surface area contributed by atoms with E-state index < -0.39 is 12.1 Å². The molecule has 7 nitrogen and oxygen atoms in total. The lowest BCUT2D eigenvalue weighted by Gasteiger charge is -2.14. The number of rotatable bonds is 7. The van der Waals surface area contributed by atoms with E-state index >= 15 is 0 Å². The lowest BCUT2D eigenvalue weighted by molar-refractivity contribution is -0.154. The van der Waals surface area contributed by atoms with E-state index in [1.165, 1.54) is 6.92 Å². The first-order chi connectivity index (χ1) is 11.9. The van der Waals surface area contributed by atoms with Crippen LogP contribution in [0.4, 0.5) is 0 Å². The molecule has 2 rings (SSSR count). The zero-order valence-corrected chi connectivity index (χ0v) is 14.7. The van der Waals surface area contributed by atoms with Crippen LogP contribution in [0.1, 0.15) is 33.0 Å². The molecule has 2 N–H and O–H groups in total. The van der Waals surface area contributed by atoms with E-state index in [1.54, 1.807) is 24.3 Å². The standard InChI is InChI=1S/C18H23N3O4/c1-11(2)10-19-17(23)12(3)25-16(22)9-8-15-20-14-7-5-4-6-13(14)18(24)21-15/h4-7,11-12H,8-10H2,1-3H3,(H,19,23)(H,20,21,24)/t12-/m0/s1. The molecular formula is C18H23N3O4. The summed E-state index contributed by atoms with van der Waals surface area (Å²) in [6.07, 6.45) is -0.586. The van der Waals surface area contributed by atoms with Crippen molar-refractivity contribution < 1.29 is 14.3 Å². The number of hydrogen-bond acceptors (Lipinski definition) is 5. The number of hydrogen-bond donors (Lipinski definition) is 2. The van der Waals surface area contributed by atoms with Crippen molar-refractivity contribution in [1.29, 1.82) is 0 Å². The number of aromatic nitrogens is 2. The summed E-state index contributed by atoms with van der Waals surface area (Å²) in [4.78, 5) is 42.7. The number of aromatic amines is 1. The summed E-state index contributed by atoms with van der Waals surface area (Å²) in [6.45, 7) is 6.02. The average Bonchev–Trinajstić information content (AvgIpc) is 2.57. The molecule has 0 saturated heterocycles. The van der Waals surface area contributed by atoms with Crippen molar-refractivity contribution in [3.05, 3.63) is 40.4 Å². The van der Waals surface area contributed by atoms with Gasteiger partial charge in [-0.1, -0.05) is 26.0 Å². The topological polar surface area (TPSA) is 101 Å². The van der Waals surface area contributed by atoms with E-state index in [-0.39, 0.29) is 24.3 Å². The Balaban J connectivity index is 1.89. The fraction of sp³-hybridized carbons (Fsp3) is 0.444. The molecule has 7 heteroatoms. The lowest BCUT2D eigenvalue weighted by Crippen LogP contribution is -2.37. The van der Waals surface area contributed by atoms with Gasteiger partial charge >= 0.3 is 5.97 Å². The number of H-pyrrole nitrogens is 1. The van der Waals surface area contributed by atoms with Crippen LogP contribution in [0.15, 0.2) is 29.1 Å². The summed E-state index contributed by atoms with van der Waals surface area (Å²) in [7, 11) is 0. The first kappa shape index (κ1) is 18.6. The number of aryl methyl sites for hydroxylation is 1. The van der Waals surface area contributed by atoms with Crippen molar-refractivity contribution in [3.8, 4) is 0 Å². The SMILES string of the molecule is CC(C)CNC(=O)[C@H](C)OC(=O)CCc1nc2ccccc2c(=O)[nH]1. The number of para-hydroxylation sites is 1. The van der Waals surface area contributed by atoms with Gasteiger partial charge in [-0.05, 0) is 25.0 Å². The number of carbonyl (C=O) groups is 2. The highest BCUT2D eigenvalue weighted by molar-refractivity contribution is 5.83. The van der Waals surface area contributed by atoms with E-state index in [1.807, 2.05) is 13.8 Å². The third-order valence-electron chi connectivity index (χ3n) is 3.59. The van der Waals surface area contributed by atoms with Crippen molar-refractivity contribution in [2.24, 2.45) is 5.92 Å². The number of amides is 1. The smallest absolute Gasteiger partial charge is 0.307 e. The molecule has 0 spiro atoms. The minimum Gasteiger partial charge on any atom is -0.453 e. The molecule has 0 bridgehead atoms. The van der Waals surface area contributed by atoms with Gasteiger partial charge in [-0.3, -0.25) is 14.4 Å². The van der Waals surface area contributed by atoms with Crippen molar-refractivity contribution in [2.45, 2.75) is 39.7 Å². The van der Waals surface area contributed by atoms with Gasteiger partial charge in [-0.15, -0.1) is 0 Å². The van der Waals surface area contributed by atoms with Gasteiger partial charge in [-0.2, -0.15) is 0 Å². The molecule has 0 aliphatic rings. The minimum atomic E-state index is -0.852. The molecule has 0 fully saturated rings. The van der Waals surface area contributed by atoms with Gasteiger partial charge in [-0.25, -0.2) is 4.98 Å². The van der Waals surface area contributed by atoms with E-state index in [4.69, 9.17) is 4.74 Å². The van der Waals surface area contributed by atoms with Crippen molar-refractivity contribution in [3.63, 3.8) is 0 Å². The Kier molecular flexibility index (Phi) is 6.27. The highest BCUT2D eigenvalue weighted by Gasteiger charge is 2.18. The Morgan fingerprint density at radius 2 is 1.96 bits per heavy atom. The Hall–Kier alpha value is -2.70. The molecule has 1 aromatic heterocycles. The molecular weight excluding hydrogens is 322 g/mol. The number of fused-ring (bicyclic) bond motifs is 1. The van der Waals surface area contributed by atoms with E-state index in [0.29, 0.717) is 29.2 Å². The Morgan fingerprint density at radius 1 is 1.24 bits per heavy atom. The zero-order chi connectivity index (χ0) is 18.4. The summed E-state index contributed by atoms with van der Waals surface area (Å²) in [6, 6.07) is 7.00. The maximum atomic E-state index is 12.0. The quantitative estimate of drug-likeness (QED) is 0.742. The van der Waals surface area contributed by atoms with Gasteiger partial charge in [0.15, 0.2) is 6.10 Å². The second-order valence-corrected chi connectivity index (χ2v) is 6.30. The largest absolute Gasteiger partial charge is 0.453 e. The number of nitrogens with zero attached hydrogens (tertiary/aromatic N) is 1. The van der Waals surface area contributed by atoms with Gasteiger partial charge in [0.2, 0.25) is 0 Å². The molecule has 0 aliphatic heterocycles. The van der Waals surface area contributed by atoms with Crippen LogP contribution in [-0.4, -0.2) is 34.5 Å². The fourth-order valence-corrected chi connectivity index (χ4v) is 2.23. The molecule has 1 atom stereocenters. The number of nitrogens with one attached hydrogen (secondary N) is 2. The Bertz CT molecular complexity index is 813. The van der Waals surface area contributed by atoms with Crippen LogP contribution in [0.2, 0.25) is 0 Å². The van der Waals surface area contributed by atoms with Gasteiger partial charge in [0.1, 0.15) is 5.82 Å². The minimum absolute atomic E-state index is 0.0308. The molecule has 1 aromatic carbocycles. The monoisotopic (exact) mass is 345 g/mol. The van der Waals surface area contributed by atoms with Crippen LogP contribution in [0.25, 0.3) is 10.9 Å². The summed E-state index contributed by atoms with van der Waals surface area (Å²) in [5.74, 6) is -0.0949. The molecule has 2 aromatic rings. The third kappa shape index (κ3) is 5.41. The first-order valence-corrected chi connectivity index (χ1v) is 8.32. The number of benzene rings is 1. The molecule has 1 heterocycles. The zero-order valence-electron chi connectivity index (χ0n) is 14.7. The van der Waals surface area contributed by atoms with Crippen molar-refractivity contribution >= 4 is 22.8 Å². The normalized spacial score (nSPS) is 12.2. The fourth-order valence-electron chi connectivity index (χ4n) is 2.23. The molecule has 134 valence electrons. The van der Waals surface area contributed by atoms with Crippen LogP contribution in [0.3, 0.4) is 0 Å². The second kappa shape index (κ2) is 8.41. The van der Waals surface area contributed by atoms with Gasteiger partial charge in [0, 0.05) is 13.0 Å². The molecule has 1 amide bonds. The van der Waals surface area contributed by atoms with Gasteiger partial charge in [0.05, 0.1) is 17.3 Å². The first-order valence-electron chi connectivity index (χ1n) is 8.32. The summed E-state index contributed by atoms with van der Waals surface area (Å²) in [5.41, 5.74) is 0.339. The highest BCUT2D eigenvalue weighted by atomic mass is 16.5. The Labute approximate surface area is 145 Å². The maximum absolute atomic E-state index is 12.0. The predicted molar refractivity (Wildman–Crippen MR) is 94.1 cm³/mol. The summed E-state index contributed by atoms with van der Waals surface area (Å²) < 4.78 is 5.11. The van der Waals surface area contributed by atoms with Crippen LogP contribution in [0.5, 0.6) is 0 Å². The highest BCUT2D eigenvalue weighted by Crippen LogP contribution is 2.07. The molecule has 0 aliphatic carbocycles. The molecule has 25 heavy (non-hydrogen) atoms. The average molecular weight is 345 g/mol. The summed E-state index contributed by atoms with van der Waals surface area (Å²) >= 11 is 0. The number of ether oxygens (including phenoxy) is 1. The molecule has 0 saturated carbocycles. The predicted octanol–water partition coefficient (Wildman–Crippen LogP) is 1.56. The van der Waals surface area contributed by atoms with E-state index in [2.05, 4.69) is 15.3 Å². The number of carbonyl (C=O) groups excluding carboxylic acids is 2.